The molecule has 0 rings (SSSR count). The van der Waals surface area contributed by atoms with Crippen LogP contribution < -0.4 is 0 Å². The Labute approximate surface area is 105 Å². The van der Waals surface area contributed by atoms with Crippen LogP contribution in [0.3, 0.4) is 0 Å². The Morgan fingerprint density at radius 2 is 1.44 bits per heavy atom. The van der Waals surface area contributed by atoms with Crippen LogP contribution in [0.25, 0.3) is 0 Å². The second kappa shape index (κ2) is 9.05. The van der Waals surface area contributed by atoms with Gasteiger partial charge in [0.1, 0.15) is 7.38 Å². The lowest BCUT2D eigenvalue weighted by Gasteiger charge is -2.11. The van der Waals surface area contributed by atoms with Crippen LogP contribution in [-0.4, -0.2) is 18.5 Å². The van der Waals surface area contributed by atoms with Crippen LogP contribution in [0.2, 0.25) is 19.1 Å². The molecule has 0 spiro atoms. The third-order valence-corrected chi connectivity index (χ3v) is 4.77. The molecule has 0 aliphatic carbocycles. The molecular formula is C12H25ClO2Si. The van der Waals surface area contributed by atoms with Crippen LogP contribution in [0.15, 0.2) is 0 Å². The molecule has 0 aromatic carbocycles. The molecule has 16 heavy (non-hydrogen) atoms. The lowest BCUT2D eigenvalue weighted by atomic mass is 10.1. The highest BCUT2D eigenvalue weighted by Gasteiger charge is 2.15. The van der Waals surface area contributed by atoms with E-state index in [0.717, 1.165) is 12.8 Å². The van der Waals surface area contributed by atoms with Crippen LogP contribution in [0.1, 0.15) is 51.4 Å². The predicted molar refractivity (Wildman–Crippen MR) is 72.7 cm³/mol. The number of carboxylic acids is 1. The second-order valence-corrected chi connectivity index (χ2v) is 12.1. The van der Waals surface area contributed by atoms with Gasteiger partial charge in [-0.25, -0.2) is 0 Å². The lowest BCUT2D eigenvalue weighted by Crippen LogP contribution is -2.14. The fraction of sp³-hybridized carbons (Fsp3) is 0.917. The predicted octanol–water partition coefficient (Wildman–Crippen LogP) is 4.64. The van der Waals surface area contributed by atoms with Gasteiger partial charge >= 0.3 is 5.97 Å². The fourth-order valence-corrected chi connectivity index (χ4v) is 3.20. The largest absolute Gasteiger partial charge is 0.481 e. The van der Waals surface area contributed by atoms with E-state index >= 15 is 0 Å². The van der Waals surface area contributed by atoms with E-state index in [2.05, 4.69) is 13.1 Å². The molecule has 0 aliphatic rings. The van der Waals surface area contributed by atoms with Crippen LogP contribution in [0.5, 0.6) is 0 Å². The zero-order chi connectivity index (χ0) is 12.4. The Hall–Kier alpha value is -0.0231. The molecule has 0 saturated carbocycles. The van der Waals surface area contributed by atoms with Crippen molar-refractivity contribution in [3.05, 3.63) is 0 Å². The van der Waals surface area contributed by atoms with E-state index in [1.165, 1.54) is 38.1 Å². The number of aliphatic carboxylic acids is 1. The Balaban J connectivity index is 3.07. The maximum absolute atomic E-state index is 10.3. The number of carboxylic acid groups (broad SMARTS) is 1. The van der Waals surface area contributed by atoms with E-state index in [9.17, 15) is 4.79 Å². The minimum Gasteiger partial charge on any atom is -0.481 e. The number of hydrogen-bond acceptors (Lipinski definition) is 1. The molecule has 0 bridgehead atoms. The van der Waals surface area contributed by atoms with Crippen molar-refractivity contribution in [1.29, 1.82) is 0 Å². The number of halogens is 1. The van der Waals surface area contributed by atoms with Gasteiger partial charge < -0.3 is 5.11 Å². The fourth-order valence-electron chi connectivity index (χ4n) is 1.71. The van der Waals surface area contributed by atoms with Crippen molar-refractivity contribution in [2.75, 3.05) is 0 Å². The first-order valence-electron chi connectivity index (χ1n) is 6.32. The van der Waals surface area contributed by atoms with Gasteiger partial charge in [0.25, 0.3) is 0 Å². The van der Waals surface area contributed by atoms with Gasteiger partial charge in [-0.3, -0.25) is 4.79 Å². The summed E-state index contributed by atoms with van der Waals surface area (Å²) in [7, 11) is -1.34. The summed E-state index contributed by atoms with van der Waals surface area (Å²) < 4.78 is 0. The molecule has 0 aromatic rings. The molecular weight excluding hydrogens is 240 g/mol. The van der Waals surface area contributed by atoms with Crippen molar-refractivity contribution >= 4 is 24.4 Å². The van der Waals surface area contributed by atoms with Gasteiger partial charge in [0.15, 0.2) is 0 Å². The van der Waals surface area contributed by atoms with Crippen molar-refractivity contribution in [1.82, 2.24) is 0 Å². The van der Waals surface area contributed by atoms with Gasteiger partial charge in [-0.05, 0) is 12.5 Å². The summed E-state index contributed by atoms with van der Waals surface area (Å²) in [6, 6.07) is 1.22. The lowest BCUT2D eigenvalue weighted by molar-refractivity contribution is -0.137. The Morgan fingerprint density at radius 1 is 1.00 bits per heavy atom. The van der Waals surface area contributed by atoms with Gasteiger partial charge in [-0.15, -0.1) is 0 Å². The van der Waals surface area contributed by atoms with E-state index in [0.29, 0.717) is 6.42 Å². The molecule has 4 heteroatoms. The van der Waals surface area contributed by atoms with Gasteiger partial charge in [-0.1, -0.05) is 51.6 Å². The zero-order valence-electron chi connectivity index (χ0n) is 10.6. The summed E-state index contributed by atoms with van der Waals surface area (Å²) in [5.74, 6) is -0.672. The third-order valence-electron chi connectivity index (χ3n) is 2.66. The molecule has 0 amide bonds. The average Bonchev–Trinajstić information content (AvgIpc) is 2.13. The highest BCUT2D eigenvalue weighted by Crippen LogP contribution is 2.19. The minimum absolute atomic E-state index is 0.325. The van der Waals surface area contributed by atoms with Crippen molar-refractivity contribution in [3.63, 3.8) is 0 Å². The van der Waals surface area contributed by atoms with Gasteiger partial charge in [-0.2, -0.15) is 11.1 Å². The minimum atomic E-state index is -1.34. The Bertz CT molecular complexity index is 190. The molecule has 0 heterocycles. The van der Waals surface area contributed by atoms with Crippen molar-refractivity contribution < 1.29 is 9.90 Å². The molecule has 0 radical (unpaired) electrons. The molecule has 0 atom stereocenters. The number of unbranched alkanes of at least 4 members (excludes halogenated alkanes) is 6. The first-order valence-corrected chi connectivity index (χ1v) is 10.5. The van der Waals surface area contributed by atoms with Crippen LogP contribution in [-0.2, 0) is 4.79 Å². The smallest absolute Gasteiger partial charge is 0.303 e. The quantitative estimate of drug-likeness (QED) is 0.355. The van der Waals surface area contributed by atoms with Gasteiger partial charge in [0.2, 0.25) is 0 Å². The molecule has 0 fully saturated rings. The van der Waals surface area contributed by atoms with Crippen LogP contribution in [0.4, 0.5) is 0 Å². The molecule has 2 nitrogen and oxygen atoms in total. The summed E-state index contributed by atoms with van der Waals surface area (Å²) in [5.41, 5.74) is 0. The van der Waals surface area contributed by atoms with Crippen LogP contribution >= 0.6 is 11.1 Å². The van der Waals surface area contributed by atoms with E-state index in [1.54, 1.807) is 0 Å². The van der Waals surface area contributed by atoms with E-state index in [1.807, 2.05) is 0 Å². The maximum Gasteiger partial charge on any atom is 0.303 e. The summed E-state index contributed by atoms with van der Waals surface area (Å²) in [5, 5.41) is 8.45. The number of carbonyl (C=O) groups is 1. The van der Waals surface area contributed by atoms with E-state index in [-0.39, 0.29) is 0 Å². The molecule has 96 valence electrons. The number of rotatable bonds is 10. The van der Waals surface area contributed by atoms with Crippen molar-refractivity contribution in [2.45, 2.75) is 70.5 Å². The van der Waals surface area contributed by atoms with E-state index in [4.69, 9.17) is 16.2 Å². The molecule has 0 aromatic heterocycles. The molecule has 1 N–H and O–H groups in total. The Morgan fingerprint density at radius 3 is 1.88 bits per heavy atom. The molecule has 0 saturated heterocycles. The van der Waals surface area contributed by atoms with E-state index < -0.39 is 13.4 Å². The van der Waals surface area contributed by atoms with Crippen molar-refractivity contribution in [2.24, 2.45) is 0 Å². The number of hydrogen-bond donors (Lipinski definition) is 1. The first-order chi connectivity index (χ1) is 7.42. The van der Waals surface area contributed by atoms with Gasteiger partial charge in [0, 0.05) is 6.42 Å². The maximum atomic E-state index is 10.3. The monoisotopic (exact) mass is 264 g/mol. The highest BCUT2D eigenvalue weighted by atomic mass is 35.6. The first kappa shape index (κ1) is 16.0. The van der Waals surface area contributed by atoms with Gasteiger partial charge in [0.05, 0.1) is 0 Å². The summed E-state index contributed by atoms with van der Waals surface area (Å²) in [6.45, 7) is 4.39. The summed E-state index contributed by atoms with van der Waals surface area (Å²) in [4.78, 5) is 10.3. The molecule has 0 unspecified atom stereocenters. The third kappa shape index (κ3) is 14.0. The Kier molecular flexibility index (Phi) is 9.04. The summed E-state index contributed by atoms with van der Waals surface area (Å²) in [6.07, 6.45) is 8.44. The average molecular weight is 265 g/mol. The normalized spacial score (nSPS) is 11.7. The van der Waals surface area contributed by atoms with Crippen LogP contribution in [0, 0.1) is 0 Å². The summed E-state index contributed by atoms with van der Waals surface area (Å²) >= 11 is 6.23. The highest BCUT2D eigenvalue weighted by molar-refractivity contribution is 7.19. The molecule has 0 aliphatic heterocycles. The standard InChI is InChI=1S/C12H25ClO2Si/c1-16(2,13)11-9-7-5-3-4-6-8-10-12(14)15/h3-11H2,1-2H3,(H,14,15). The topological polar surface area (TPSA) is 37.3 Å². The van der Waals surface area contributed by atoms with Crippen molar-refractivity contribution in [3.8, 4) is 0 Å². The second-order valence-electron chi connectivity index (χ2n) is 5.09. The zero-order valence-corrected chi connectivity index (χ0v) is 12.4. The SMILES string of the molecule is C[Si](C)(Cl)CCCCCCCCCC(=O)O.